The van der Waals surface area contributed by atoms with Crippen molar-refractivity contribution >= 4 is 0 Å². The number of rotatable bonds is 6. The fraction of sp³-hybridized carbons (Fsp3) is 0.600. The Balaban J connectivity index is -0.000000143. The molecular formula is C10H22O3. The Morgan fingerprint density at radius 3 is 1.31 bits per heavy atom. The predicted molar refractivity (Wildman–Crippen MR) is 56.5 cm³/mol. The van der Waals surface area contributed by atoms with Crippen molar-refractivity contribution in [2.45, 2.75) is 26.7 Å². The monoisotopic (exact) mass is 190 g/mol. The van der Waals surface area contributed by atoms with Crippen molar-refractivity contribution in [3.63, 3.8) is 0 Å². The van der Waals surface area contributed by atoms with Crippen molar-refractivity contribution in [1.29, 1.82) is 0 Å². The molecular weight excluding hydrogens is 168 g/mol. The summed E-state index contributed by atoms with van der Waals surface area (Å²) in [6.45, 7) is 12.5. The molecule has 0 aromatic carbocycles. The van der Waals surface area contributed by atoms with Crippen LogP contribution in [0.5, 0.6) is 0 Å². The highest BCUT2D eigenvalue weighted by Crippen LogP contribution is 1.76. The van der Waals surface area contributed by atoms with Crippen LogP contribution in [-0.4, -0.2) is 18.7 Å². The normalized spacial score (nSPS) is 6.92. The molecule has 0 aliphatic rings. The highest BCUT2D eigenvalue weighted by Gasteiger charge is 1.69. The molecule has 80 valence electrons. The van der Waals surface area contributed by atoms with Gasteiger partial charge in [-0.2, -0.15) is 0 Å². The molecule has 0 saturated heterocycles. The molecule has 0 saturated carbocycles. The summed E-state index contributed by atoms with van der Waals surface area (Å²) in [6, 6.07) is 0. The quantitative estimate of drug-likeness (QED) is 0.476. The molecule has 3 heteroatoms. The van der Waals surface area contributed by atoms with Crippen LogP contribution in [0.2, 0.25) is 0 Å². The smallest absolute Gasteiger partial charge is 0.0870 e. The van der Waals surface area contributed by atoms with Crippen LogP contribution in [0.1, 0.15) is 26.7 Å². The number of hydrogen-bond donors (Lipinski definition) is 0. The zero-order chi connectivity index (χ0) is 9.66. The average Bonchev–Trinajstić information content (AvgIpc) is 2.12. The van der Waals surface area contributed by atoms with Gasteiger partial charge in [-0.3, -0.25) is 0 Å². The molecule has 3 nitrogen and oxygen atoms in total. The van der Waals surface area contributed by atoms with E-state index < -0.39 is 0 Å². The maximum atomic E-state index is 4.75. The van der Waals surface area contributed by atoms with E-state index in [-0.39, 0.29) is 5.48 Å². The van der Waals surface area contributed by atoms with Gasteiger partial charge in [-0.25, -0.2) is 0 Å². The second-order valence-corrected chi connectivity index (χ2v) is 2.07. The lowest BCUT2D eigenvalue weighted by molar-refractivity contribution is 0.251. The van der Waals surface area contributed by atoms with Crippen molar-refractivity contribution < 1.29 is 14.9 Å². The van der Waals surface area contributed by atoms with E-state index in [0.717, 1.165) is 26.1 Å². The summed E-state index contributed by atoms with van der Waals surface area (Å²) in [7, 11) is 0. The molecule has 2 N–H and O–H groups in total. The van der Waals surface area contributed by atoms with E-state index in [9.17, 15) is 0 Å². The molecule has 0 aliphatic carbocycles. The minimum atomic E-state index is 0. The van der Waals surface area contributed by atoms with Gasteiger partial charge < -0.3 is 14.9 Å². The molecule has 0 heterocycles. The lowest BCUT2D eigenvalue weighted by Crippen LogP contribution is -1.79. The van der Waals surface area contributed by atoms with Crippen LogP contribution in [0, 0.1) is 0 Å². The molecule has 0 fully saturated rings. The zero-order valence-corrected chi connectivity index (χ0v) is 8.71. The van der Waals surface area contributed by atoms with E-state index in [4.69, 9.17) is 9.47 Å². The summed E-state index contributed by atoms with van der Waals surface area (Å²) >= 11 is 0. The van der Waals surface area contributed by atoms with Gasteiger partial charge in [-0.15, -0.1) is 0 Å². The van der Waals surface area contributed by atoms with Crippen LogP contribution >= 0.6 is 0 Å². The fourth-order valence-electron chi connectivity index (χ4n) is 0.402. The maximum absolute atomic E-state index is 4.75. The van der Waals surface area contributed by atoms with Gasteiger partial charge in [-0.1, -0.05) is 27.0 Å². The molecule has 0 unspecified atom stereocenters. The zero-order valence-electron chi connectivity index (χ0n) is 8.71. The van der Waals surface area contributed by atoms with Crippen LogP contribution in [-0.2, 0) is 9.47 Å². The second-order valence-electron chi connectivity index (χ2n) is 2.07. The van der Waals surface area contributed by atoms with Gasteiger partial charge in [0, 0.05) is 0 Å². The summed E-state index contributed by atoms with van der Waals surface area (Å²) in [5.74, 6) is 0. The fourth-order valence-corrected chi connectivity index (χ4v) is 0.402. The molecule has 0 bridgehead atoms. The molecule has 0 aromatic rings. The Labute approximate surface area is 81.4 Å². The first kappa shape index (κ1) is 18.0. The molecule has 0 aromatic heterocycles. The Hall–Kier alpha value is -0.960. The maximum Gasteiger partial charge on any atom is 0.0870 e. The number of ether oxygens (including phenoxy) is 2. The van der Waals surface area contributed by atoms with E-state index in [0.29, 0.717) is 0 Å². The summed E-state index contributed by atoms with van der Waals surface area (Å²) in [4.78, 5) is 0. The molecule has 0 atom stereocenters. The third-order valence-corrected chi connectivity index (χ3v) is 0.880. The lowest BCUT2D eigenvalue weighted by atomic mass is 10.5. The summed E-state index contributed by atoms with van der Waals surface area (Å²) in [5.41, 5.74) is 0. The van der Waals surface area contributed by atoms with E-state index in [2.05, 4.69) is 27.0 Å². The van der Waals surface area contributed by atoms with E-state index in [1.807, 2.05) is 0 Å². The number of hydrogen-bond acceptors (Lipinski definition) is 2. The predicted octanol–water partition coefficient (Wildman–Crippen LogP) is 2.29. The van der Waals surface area contributed by atoms with Gasteiger partial charge in [0.25, 0.3) is 0 Å². The van der Waals surface area contributed by atoms with Gasteiger partial charge in [0.05, 0.1) is 25.7 Å². The van der Waals surface area contributed by atoms with Gasteiger partial charge in [0.1, 0.15) is 0 Å². The van der Waals surface area contributed by atoms with Gasteiger partial charge in [0.2, 0.25) is 0 Å². The Morgan fingerprint density at radius 1 is 0.923 bits per heavy atom. The molecule has 0 radical (unpaired) electrons. The first-order valence-electron chi connectivity index (χ1n) is 4.28. The van der Waals surface area contributed by atoms with Crippen LogP contribution in [0.4, 0.5) is 0 Å². The Morgan fingerprint density at radius 2 is 1.23 bits per heavy atom. The molecule has 0 rings (SSSR count). The molecule has 0 amide bonds. The topological polar surface area (TPSA) is 50.0 Å². The van der Waals surface area contributed by atoms with Gasteiger partial charge in [0.15, 0.2) is 0 Å². The van der Waals surface area contributed by atoms with Crippen molar-refractivity contribution in [2.24, 2.45) is 0 Å². The minimum Gasteiger partial charge on any atom is -0.502 e. The van der Waals surface area contributed by atoms with E-state index in [1.165, 1.54) is 12.5 Å². The van der Waals surface area contributed by atoms with Crippen molar-refractivity contribution in [3.05, 3.63) is 25.7 Å². The van der Waals surface area contributed by atoms with Crippen LogP contribution in [0.3, 0.4) is 0 Å². The highest BCUT2D eigenvalue weighted by atomic mass is 16.5. The SMILES string of the molecule is C=COCCC.C=COCCC.O. The van der Waals surface area contributed by atoms with Crippen molar-refractivity contribution in [2.75, 3.05) is 13.2 Å². The minimum absolute atomic E-state index is 0. The average molecular weight is 190 g/mol. The van der Waals surface area contributed by atoms with Gasteiger partial charge in [-0.05, 0) is 12.8 Å². The van der Waals surface area contributed by atoms with Crippen LogP contribution < -0.4 is 0 Å². The standard InChI is InChI=1S/2C5H10O.H2O/c2*1-3-5-6-4-2;/h2*4H,2-3,5H2,1H3;1H2. The third-order valence-electron chi connectivity index (χ3n) is 0.880. The van der Waals surface area contributed by atoms with Crippen molar-refractivity contribution in [3.8, 4) is 0 Å². The Bertz CT molecular complexity index is 80.2. The lowest BCUT2D eigenvalue weighted by Gasteiger charge is -1.90. The molecule has 0 aliphatic heterocycles. The van der Waals surface area contributed by atoms with Crippen LogP contribution in [0.25, 0.3) is 0 Å². The van der Waals surface area contributed by atoms with E-state index in [1.54, 1.807) is 0 Å². The largest absolute Gasteiger partial charge is 0.502 e. The van der Waals surface area contributed by atoms with Gasteiger partial charge >= 0.3 is 0 Å². The first-order valence-corrected chi connectivity index (χ1v) is 4.28. The second kappa shape index (κ2) is 22.5. The molecule has 13 heavy (non-hydrogen) atoms. The van der Waals surface area contributed by atoms with E-state index >= 15 is 0 Å². The Kier molecular flexibility index (Phi) is 31.0. The highest BCUT2D eigenvalue weighted by molar-refractivity contribution is 4.47. The first-order chi connectivity index (χ1) is 5.83. The van der Waals surface area contributed by atoms with Crippen molar-refractivity contribution in [1.82, 2.24) is 0 Å². The summed E-state index contributed by atoms with van der Waals surface area (Å²) in [5, 5.41) is 0. The van der Waals surface area contributed by atoms with Crippen LogP contribution in [0.15, 0.2) is 25.7 Å². The molecule has 0 spiro atoms. The summed E-state index contributed by atoms with van der Waals surface area (Å²) < 4.78 is 9.49. The summed E-state index contributed by atoms with van der Waals surface area (Å²) in [6.07, 6.45) is 5.05. The third kappa shape index (κ3) is 35.5.